The van der Waals surface area contributed by atoms with Crippen molar-refractivity contribution in [2.75, 3.05) is 0 Å². The Balaban J connectivity index is 0.00000143. The zero-order valence-corrected chi connectivity index (χ0v) is 16.3. The Hall–Kier alpha value is -2.21. The summed E-state index contributed by atoms with van der Waals surface area (Å²) in [6.45, 7) is 3.84. The zero-order valence-electron chi connectivity index (χ0n) is 16.3. The number of amides is 1. The predicted molar refractivity (Wildman–Crippen MR) is 99.5 cm³/mol. The molecule has 3 nitrogen and oxygen atoms in total. The molecule has 0 aromatic heterocycles. The lowest BCUT2D eigenvalue weighted by Gasteiger charge is -2.15. The van der Waals surface area contributed by atoms with E-state index >= 15 is 0 Å². The van der Waals surface area contributed by atoms with E-state index in [0.717, 1.165) is 0 Å². The number of halogens is 6. The summed E-state index contributed by atoms with van der Waals surface area (Å²) in [6, 6.07) is 1.17. The molecular formula is C20H26F6N2O. The summed E-state index contributed by atoms with van der Waals surface area (Å²) in [5.41, 5.74) is 2.62. The van der Waals surface area contributed by atoms with Gasteiger partial charge in [0.25, 0.3) is 0 Å². The summed E-state index contributed by atoms with van der Waals surface area (Å²) in [7, 11) is 0. The molecule has 1 amide bonds. The minimum atomic E-state index is -4.90. The van der Waals surface area contributed by atoms with Crippen LogP contribution in [0.4, 0.5) is 26.3 Å². The van der Waals surface area contributed by atoms with Crippen LogP contribution in [-0.2, 0) is 23.7 Å². The first-order chi connectivity index (χ1) is 13.4. The Kier molecular flexibility index (Phi) is 10.8. The van der Waals surface area contributed by atoms with Crippen LogP contribution in [0.2, 0.25) is 0 Å². The summed E-state index contributed by atoms with van der Waals surface area (Å²) in [5, 5.41) is 2.39. The van der Waals surface area contributed by atoms with Crippen molar-refractivity contribution in [3.05, 3.63) is 34.9 Å². The Labute approximate surface area is 167 Å². The number of nitrogens with one attached hydrogen (secondary N) is 1. The van der Waals surface area contributed by atoms with Gasteiger partial charge in [0.05, 0.1) is 11.1 Å². The van der Waals surface area contributed by atoms with Crippen LogP contribution in [0.5, 0.6) is 0 Å². The third-order valence-corrected chi connectivity index (χ3v) is 3.96. The van der Waals surface area contributed by atoms with E-state index in [1.54, 1.807) is 0 Å². The molecule has 0 heterocycles. The molecule has 1 fully saturated rings. The molecule has 3 N–H and O–H groups in total. The fraction of sp³-hybridized carbons (Fsp3) is 0.550. The van der Waals surface area contributed by atoms with Gasteiger partial charge in [0, 0.05) is 18.5 Å². The van der Waals surface area contributed by atoms with Crippen LogP contribution in [0.15, 0.2) is 18.2 Å². The van der Waals surface area contributed by atoms with Crippen LogP contribution in [0.1, 0.15) is 56.2 Å². The van der Waals surface area contributed by atoms with Crippen molar-refractivity contribution in [1.29, 1.82) is 0 Å². The normalized spacial score (nSPS) is 18.7. The van der Waals surface area contributed by atoms with Crippen LogP contribution < -0.4 is 11.1 Å². The lowest BCUT2D eigenvalue weighted by Crippen LogP contribution is -2.30. The standard InChI is InChI=1S/C15H16F6N2O.C3H8.C2H2/c16-14(17,18)10-3-8(4-11(6-10)15(19,20)21)7-23-13(24)9-1-2-12(22)5-9;1-3-2;1-2/h3-4,6,9,12H,1-2,5,7,22H2,(H,23,24);3H2,1-2H3;1-2H/t9-,12+;;/m0../s1. The van der Waals surface area contributed by atoms with Gasteiger partial charge in [-0.1, -0.05) is 20.3 Å². The number of benzene rings is 1. The molecule has 1 aromatic rings. The number of alkyl halides is 6. The maximum Gasteiger partial charge on any atom is 0.416 e. The average molecular weight is 424 g/mol. The quantitative estimate of drug-likeness (QED) is 0.522. The molecule has 1 aliphatic rings. The fourth-order valence-corrected chi connectivity index (χ4v) is 2.71. The Morgan fingerprint density at radius 2 is 1.48 bits per heavy atom. The molecule has 0 radical (unpaired) electrons. The lowest BCUT2D eigenvalue weighted by molar-refractivity contribution is -0.143. The van der Waals surface area contributed by atoms with Crippen molar-refractivity contribution in [2.24, 2.45) is 11.7 Å². The van der Waals surface area contributed by atoms with Crippen LogP contribution in [0.25, 0.3) is 0 Å². The molecule has 2 atom stereocenters. The van der Waals surface area contributed by atoms with Gasteiger partial charge in [-0.05, 0) is 43.0 Å². The minimum absolute atomic E-state index is 0.0569. The number of rotatable bonds is 3. The Morgan fingerprint density at radius 3 is 1.83 bits per heavy atom. The second kappa shape index (κ2) is 11.7. The van der Waals surface area contributed by atoms with Gasteiger partial charge >= 0.3 is 12.4 Å². The highest BCUT2D eigenvalue weighted by atomic mass is 19.4. The Bertz CT molecular complexity index is 635. The smallest absolute Gasteiger partial charge is 0.352 e. The lowest BCUT2D eigenvalue weighted by atomic mass is 10.0. The SMILES string of the molecule is C#C.CCC.N[C@@H]1CC[C@H](C(=O)NCc2cc(C(F)(F)F)cc(C(F)(F)F)c2)C1. The molecule has 0 bridgehead atoms. The van der Waals surface area contributed by atoms with Crippen LogP contribution >= 0.6 is 0 Å². The number of hydrogen-bond acceptors (Lipinski definition) is 2. The molecule has 0 spiro atoms. The minimum Gasteiger partial charge on any atom is -0.352 e. The summed E-state index contributed by atoms with van der Waals surface area (Å²) in [5.74, 6) is -0.762. The van der Waals surface area contributed by atoms with Crippen molar-refractivity contribution >= 4 is 5.91 Å². The van der Waals surface area contributed by atoms with Crippen LogP contribution in [-0.4, -0.2) is 11.9 Å². The van der Waals surface area contributed by atoms with E-state index in [9.17, 15) is 31.1 Å². The van der Waals surface area contributed by atoms with E-state index < -0.39 is 35.9 Å². The predicted octanol–water partition coefficient (Wildman–Crippen LogP) is 5.13. The van der Waals surface area contributed by atoms with E-state index in [1.807, 2.05) is 0 Å². The zero-order chi connectivity index (χ0) is 22.8. The van der Waals surface area contributed by atoms with E-state index in [1.165, 1.54) is 6.42 Å². The van der Waals surface area contributed by atoms with Gasteiger partial charge in [0.2, 0.25) is 5.91 Å². The molecule has 9 heteroatoms. The summed E-state index contributed by atoms with van der Waals surface area (Å²) >= 11 is 0. The van der Waals surface area contributed by atoms with Crippen molar-refractivity contribution < 1.29 is 31.1 Å². The third-order valence-electron chi connectivity index (χ3n) is 3.96. The van der Waals surface area contributed by atoms with E-state index in [2.05, 4.69) is 32.0 Å². The van der Waals surface area contributed by atoms with Crippen LogP contribution in [0, 0.1) is 18.8 Å². The largest absolute Gasteiger partial charge is 0.416 e. The first-order valence-electron chi connectivity index (χ1n) is 9.03. The van der Waals surface area contributed by atoms with Gasteiger partial charge in [0.1, 0.15) is 0 Å². The highest BCUT2D eigenvalue weighted by Gasteiger charge is 2.37. The van der Waals surface area contributed by atoms with Gasteiger partial charge in [-0.25, -0.2) is 0 Å². The molecule has 29 heavy (non-hydrogen) atoms. The van der Waals surface area contributed by atoms with Crippen molar-refractivity contribution in [2.45, 2.75) is 64.5 Å². The summed E-state index contributed by atoms with van der Waals surface area (Å²) in [6.07, 6.45) is 1.13. The molecule has 1 aromatic carbocycles. The maximum absolute atomic E-state index is 12.8. The first-order valence-corrected chi connectivity index (χ1v) is 9.03. The summed E-state index contributed by atoms with van der Waals surface area (Å²) < 4.78 is 76.5. The molecule has 1 saturated carbocycles. The van der Waals surface area contributed by atoms with Gasteiger partial charge in [-0.2, -0.15) is 26.3 Å². The van der Waals surface area contributed by atoms with E-state index in [-0.39, 0.29) is 23.6 Å². The van der Waals surface area contributed by atoms with Crippen LogP contribution in [0.3, 0.4) is 0 Å². The molecule has 2 rings (SSSR count). The monoisotopic (exact) mass is 424 g/mol. The number of hydrogen-bond donors (Lipinski definition) is 2. The van der Waals surface area contributed by atoms with E-state index in [4.69, 9.17) is 5.73 Å². The average Bonchev–Trinajstić information content (AvgIpc) is 3.07. The topological polar surface area (TPSA) is 55.1 Å². The van der Waals surface area contributed by atoms with Crippen molar-refractivity contribution in [1.82, 2.24) is 5.32 Å². The van der Waals surface area contributed by atoms with Gasteiger partial charge < -0.3 is 11.1 Å². The number of nitrogens with two attached hydrogens (primary N) is 1. The second-order valence-corrected chi connectivity index (χ2v) is 6.61. The molecule has 0 unspecified atom stereocenters. The van der Waals surface area contributed by atoms with Crippen molar-refractivity contribution in [3.63, 3.8) is 0 Å². The third kappa shape index (κ3) is 9.22. The molecule has 0 aliphatic heterocycles. The van der Waals surface area contributed by atoms with Gasteiger partial charge in [-0.3, -0.25) is 4.79 Å². The van der Waals surface area contributed by atoms with Crippen molar-refractivity contribution in [3.8, 4) is 12.8 Å². The molecule has 0 saturated heterocycles. The second-order valence-electron chi connectivity index (χ2n) is 6.61. The first kappa shape index (κ1) is 26.8. The fourth-order valence-electron chi connectivity index (χ4n) is 2.71. The summed E-state index contributed by atoms with van der Waals surface area (Å²) in [4.78, 5) is 11.9. The molecule has 1 aliphatic carbocycles. The van der Waals surface area contributed by atoms with Gasteiger partial charge in [-0.15, -0.1) is 12.8 Å². The number of carbonyl (C=O) groups is 1. The highest BCUT2D eigenvalue weighted by Crippen LogP contribution is 2.36. The maximum atomic E-state index is 12.8. The highest BCUT2D eigenvalue weighted by molar-refractivity contribution is 5.79. The number of terminal acetylenes is 1. The molecule has 164 valence electrons. The van der Waals surface area contributed by atoms with Gasteiger partial charge in [0.15, 0.2) is 0 Å². The molecular weight excluding hydrogens is 398 g/mol. The Morgan fingerprint density at radius 1 is 1.03 bits per heavy atom. The van der Waals surface area contributed by atoms with E-state index in [0.29, 0.717) is 31.4 Å². The number of carbonyl (C=O) groups excluding carboxylic acids is 1.